The lowest BCUT2D eigenvalue weighted by molar-refractivity contribution is -0.134. The molecule has 21 heavy (non-hydrogen) atoms. The highest BCUT2D eigenvalue weighted by molar-refractivity contribution is 5.82. The van der Waals surface area contributed by atoms with Crippen LogP contribution >= 0.6 is 0 Å². The fraction of sp³-hybridized carbons (Fsp3) is 0.647. The first-order chi connectivity index (χ1) is 9.70. The number of hydrogen-bond acceptors (Lipinski definition) is 3. The van der Waals surface area contributed by atoms with Crippen LogP contribution in [0.25, 0.3) is 0 Å². The third kappa shape index (κ3) is 3.43. The monoisotopic (exact) mass is 289 g/mol. The highest BCUT2D eigenvalue weighted by atomic mass is 16.2. The predicted molar refractivity (Wildman–Crippen MR) is 84.9 cm³/mol. The van der Waals surface area contributed by atoms with Crippen LogP contribution in [0.2, 0.25) is 0 Å². The van der Waals surface area contributed by atoms with Crippen molar-refractivity contribution in [3.05, 3.63) is 29.1 Å². The molecule has 0 saturated heterocycles. The van der Waals surface area contributed by atoms with Crippen molar-refractivity contribution in [3.8, 4) is 0 Å². The molecule has 1 aliphatic rings. The average Bonchev–Trinajstić information content (AvgIpc) is 2.43. The Hall–Kier alpha value is -1.42. The fourth-order valence-electron chi connectivity index (χ4n) is 2.52. The molecule has 1 aromatic rings. The Labute approximate surface area is 127 Å². The van der Waals surface area contributed by atoms with Gasteiger partial charge in [0.2, 0.25) is 5.91 Å². The molecular weight excluding hydrogens is 262 g/mol. The number of carbonyl (C=O) groups is 1. The summed E-state index contributed by atoms with van der Waals surface area (Å²) >= 11 is 0. The van der Waals surface area contributed by atoms with E-state index < -0.39 is 6.04 Å². The van der Waals surface area contributed by atoms with E-state index in [1.165, 1.54) is 0 Å². The van der Waals surface area contributed by atoms with Gasteiger partial charge in [-0.1, -0.05) is 40.7 Å². The molecular formula is C17H27N3O. The zero-order valence-electron chi connectivity index (χ0n) is 13.8. The molecule has 0 fully saturated rings. The van der Waals surface area contributed by atoms with Crippen LogP contribution in [-0.4, -0.2) is 28.4 Å². The van der Waals surface area contributed by atoms with Gasteiger partial charge < -0.3 is 10.6 Å². The molecule has 2 heterocycles. The second kappa shape index (κ2) is 5.76. The first kappa shape index (κ1) is 16.0. The van der Waals surface area contributed by atoms with E-state index in [1.54, 1.807) is 0 Å². The summed E-state index contributed by atoms with van der Waals surface area (Å²) < 4.78 is 0. The maximum atomic E-state index is 12.4. The van der Waals surface area contributed by atoms with Crippen LogP contribution in [0.4, 0.5) is 0 Å². The Morgan fingerprint density at radius 1 is 1.33 bits per heavy atom. The second-order valence-corrected chi connectivity index (χ2v) is 7.33. The van der Waals surface area contributed by atoms with Crippen molar-refractivity contribution in [1.82, 2.24) is 9.88 Å². The third-order valence-corrected chi connectivity index (χ3v) is 4.13. The van der Waals surface area contributed by atoms with E-state index in [1.807, 2.05) is 18.7 Å². The standard InChI is InChI=1S/C17H27N3O/c1-11(2)15(18)16(21)20-9-8-13-12(10-20)6-7-14(19-13)17(3,4)5/h6-7,11,15H,8-10,18H2,1-5H3/t15-/m0/s1. The van der Waals surface area contributed by atoms with Gasteiger partial charge in [-0.05, 0) is 17.5 Å². The van der Waals surface area contributed by atoms with Gasteiger partial charge in [-0.15, -0.1) is 0 Å². The van der Waals surface area contributed by atoms with Crippen molar-refractivity contribution in [2.45, 2.75) is 59.0 Å². The number of pyridine rings is 1. The number of fused-ring (bicyclic) bond motifs is 1. The minimum absolute atomic E-state index is 0.0514. The first-order valence-electron chi connectivity index (χ1n) is 7.74. The highest BCUT2D eigenvalue weighted by Crippen LogP contribution is 2.25. The van der Waals surface area contributed by atoms with Crippen LogP contribution in [0.3, 0.4) is 0 Å². The molecule has 1 aliphatic heterocycles. The molecule has 1 atom stereocenters. The summed E-state index contributed by atoms with van der Waals surface area (Å²) in [4.78, 5) is 19.0. The van der Waals surface area contributed by atoms with Gasteiger partial charge in [-0.25, -0.2) is 0 Å². The minimum atomic E-state index is -0.409. The zero-order chi connectivity index (χ0) is 15.8. The van der Waals surface area contributed by atoms with E-state index in [4.69, 9.17) is 10.7 Å². The van der Waals surface area contributed by atoms with Gasteiger partial charge in [-0.3, -0.25) is 9.78 Å². The zero-order valence-corrected chi connectivity index (χ0v) is 13.8. The summed E-state index contributed by atoms with van der Waals surface area (Å²) in [7, 11) is 0. The summed E-state index contributed by atoms with van der Waals surface area (Å²) in [5, 5.41) is 0. The summed E-state index contributed by atoms with van der Waals surface area (Å²) in [6.07, 6.45) is 0.815. The summed E-state index contributed by atoms with van der Waals surface area (Å²) in [5.41, 5.74) is 9.43. The molecule has 0 bridgehead atoms. The quantitative estimate of drug-likeness (QED) is 0.908. The molecule has 1 amide bonds. The van der Waals surface area contributed by atoms with E-state index in [0.717, 1.165) is 23.4 Å². The smallest absolute Gasteiger partial charge is 0.240 e. The number of hydrogen-bond donors (Lipinski definition) is 1. The molecule has 1 aromatic heterocycles. The van der Waals surface area contributed by atoms with Crippen molar-refractivity contribution in [2.24, 2.45) is 11.7 Å². The molecule has 4 nitrogen and oxygen atoms in total. The maximum absolute atomic E-state index is 12.4. The number of nitrogens with zero attached hydrogens (tertiary/aromatic N) is 2. The predicted octanol–water partition coefficient (Wildman–Crippen LogP) is 2.25. The Bertz CT molecular complexity index is 531. The number of nitrogens with two attached hydrogens (primary N) is 1. The van der Waals surface area contributed by atoms with Gasteiger partial charge in [-0.2, -0.15) is 0 Å². The fourth-order valence-corrected chi connectivity index (χ4v) is 2.52. The number of amides is 1. The summed E-state index contributed by atoms with van der Waals surface area (Å²) in [5.74, 6) is 0.218. The molecule has 4 heteroatoms. The summed E-state index contributed by atoms with van der Waals surface area (Å²) in [6, 6.07) is 3.78. The van der Waals surface area contributed by atoms with Crippen molar-refractivity contribution < 1.29 is 4.79 Å². The number of rotatable bonds is 2. The molecule has 116 valence electrons. The van der Waals surface area contributed by atoms with Crippen LogP contribution in [0.5, 0.6) is 0 Å². The molecule has 2 N–H and O–H groups in total. The Morgan fingerprint density at radius 3 is 2.57 bits per heavy atom. The van der Waals surface area contributed by atoms with Crippen LogP contribution < -0.4 is 5.73 Å². The van der Waals surface area contributed by atoms with E-state index in [0.29, 0.717) is 13.1 Å². The average molecular weight is 289 g/mol. The van der Waals surface area contributed by atoms with Gasteiger partial charge in [0.15, 0.2) is 0 Å². The van der Waals surface area contributed by atoms with Gasteiger partial charge in [0.05, 0.1) is 6.04 Å². The van der Waals surface area contributed by atoms with E-state index >= 15 is 0 Å². The summed E-state index contributed by atoms with van der Waals surface area (Å²) in [6.45, 7) is 11.8. The Morgan fingerprint density at radius 2 is 2.00 bits per heavy atom. The van der Waals surface area contributed by atoms with Crippen molar-refractivity contribution in [2.75, 3.05) is 6.54 Å². The van der Waals surface area contributed by atoms with Crippen LogP contribution in [0, 0.1) is 5.92 Å². The molecule has 0 saturated carbocycles. The number of carbonyl (C=O) groups excluding carboxylic acids is 1. The van der Waals surface area contributed by atoms with Gasteiger partial charge in [0, 0.05) is 36.3 Å². The molecule has 0 unspecified atom stereocenters. The van der Waals surface area contributed by atoms with Crippen LogP contribution in [-0.2, 0) is 23.2 Å². The van der Waals surface area contributed by atoms with Gasteiger partial charge in [0.25, 0.3) is 0 Å². The first-order valence-corrected chi connectivity index (χ1v) is 7.74. The van der Waals surface area contributed by atoms with Gasteiger partial charge >= 0.3 is 0 Å². The van der Waals surface area contributed by atoms with Crippen molar-refractivity contribution in [1.29, 1.82) is 0 Å². The van der Waals surface area contributed by atoms with Crippen LogP contribution in [0.15, 0.2) is 12.1 Å². The van der Waals surface area contributed by atoms with E-state index in [-0.39, 0.29) is 17.2 Å². The Kier molecular flexibility index (Phi) is 4.38. The third-order valence-electron chi connectivity index (χ3n) is 4.13. The van der Waals surface area contributed by atoms with E-state index in [2.05, 4.69) is 32.9 Å². The van der Waals surface area contributed by atoms with Crippen molar-refractivity contribution >= 4 is 5.91 Å². The lowest BCUT2D eigenvalue weighted by Crippen LogP contribution is -2.48. The minimum Gasteiger partial charge on any atom is -0.337 e. The Balaban J connectivity index is 2.17. The second-order valence-electron chi connectivity index (χ2n) is 7.33. The van der Waals surface area contributed by atoms with Crippen LogP contribution in [0.1, 0.15) is 51.6 Å². The molecule has 2 rings (SSSR count). The lowest BCUT2D eigenvalue weighted by atomic mass is 9.90. The molecule has 0 spiro atoms. The van der Waals surface area contributed by atoms with Gasteiger partial charge in [0.1, 0.15) is 0 Å². The van der Waals surface area contributed by atoms with E-state index in [9.17, 15) is 4.79 Å². The largest absolute Gasteiger partial charge is 0.337 e. The normalized spacial score (nSPS) is 16.8. The lowest BCUT2D eigenvalue weighted by Gasteiger charge is -2.32. The topological polar surface area (TPSA) is 59.2 Å². The SMILES string of the molecule is CC(C)[C@H](N)C(=O)N1CCc2nc(C(C)(C)C)ccc2C1. The highest BCUT2D eigenvalue weighted by Gasteiger charge is 2.28. The maximum Gasteiger partial charge on any atom is 0.240 e. The van der Waals surface area contributed by atoms with Crippen molar-refractivity contribution in [3.63, 3.8) is 0 Å². The molecule has 0 radical (unpaired) electrons. The molecule has 0 aromatic carbocycles. The molecule has 0 aliphatic carbocycles. The number of aromatic nitrogens is 1.